The highest BCUT2D eigenvalue weighted by atomic mass is 16.5. The summed E-state index contributed by atoms with van der Waals surface area (Å²) in [5.74, 6) is 0.827. The average Bonchev–Trinajstić information content (AvgIpc) is 2.86. The predicted molar refractivity (Wildman–Crippen MR) is 73.0 cm³/mol. The highest BCUT2D eigenvalue weighted by molar-refractivity contribution is 5.70. The van der Waals surface area contributed by atoms with Gasteiger partial charge >= 0.3 is 0 Å². The van der Waals surface area contributed by atoms with Crippen molar-refractivity contribution in [3.63, 3.8) is 0 Å². The summed E-state index contributed by atoms with van der Waals surface area (Å²) in [5, 5.41) is 3.37. The zero-order valence-corrected chi connectivity index (χ0v) is 10.4. The number of aromatic nitrogens is 1. The smallest absolute Gasteiger partial charge is 0.138 e. The van der Waals surface area contributed by atoms with Crippen molar-refractivity contribution in [2.24, 2.45) is 0 Å². The monoisotopic (exact) mass is 240 g/mol. The van der Waals surface area contributed by atoms with Crippen LogP contribution in [0.1, 0.15) is 12.5 Å². The van der Waals surface area contributed by atoms with E-state index in [2.05, 4.69) is 28.5 Å². The van der Waals surface area contributed by atoms with Crippen LogP contribution in [-0.4, -0.2) is 18.1 Å². The normalized spacial score (nSPS) is 12.9. The molecule has 2 aromatic rings. The largest absolute Gasteiger partial charge is 0.492 e. The minimum atomic E-state index is 0.666. The summed E-state index contributed by atoms with van der Waals surface area (Å²) in [5.41, 5.74) is 4.95. The van der Waals surface area contributed by atoms with E-state index in [1.54, 1.807) is 6.20 Å². The van der Waals surface area contributed by atoms with E-state index < -0.39 is 0 Å². The molecule has 1 aromatic carbocycles. The lowest BCUT2D eigenvalue weighted by Gasteiger charge is -2.07. The Balaban J connectivity index is 1.96. The van der Waals surface area contributed by atoms with Gasteiger partial charge in [-0.25, -0.2) is 0 Å². The first-order valence-electron chi connectivity index (χ1n) is 6.32. The Hall–Kier alpha value is -2.03. The van der Waals surface area contributed by atoms with E-state index in [0.717, 1.165) is 24.3 Å². The Morgan fingerprint density at radius 1 is 1.22 bits per heavy atom. The zero-order valence-electron chi connectivity index (χ0n) is 10.4. The molecule has 18 heavy (non-hydrogen) atoms. The van der Waals surface area contributed by atoms with Gasteiger partial charge in [-0.05, 0) is 42.7 Å². The summed E-state index contributed by atoms with van der Waals surface area (Å²) in [4.78, 5) is 4.23. The van der Waals surface area contributed by atoms with Crippen LogP contribution < -0.4 is 10.1 Å². The number of benzene rings is 1. The van der Waals surface area contributed by atoms with Crippen molar-refractivity contribution in [1.29, 1.82) is 0 Å². The van der Waals surface area contributed by atoms with Gasteiger partial charge in [-0.15, -0.1) is 0 Å². The van der Waals surface area contributed by atoms with Crippen LogP contribution in [-0.2, 0) is 6.42 Å². The topological polar surface area (TPSA) is 34.1 Å². The molecule has 0 aliphatic carbocycles. The lowest BCUT2D eigenvalue weighted by Crippen LogP contribution is -1.92. The first-order valence-corrected chi connectivity index (χ1v) is 6.32. The highest BCUT2D eigenvalue weighted by Gasteiger charge is 2.11. The molecule has 3 nitrogen and oxygen atoms in total. The molecule has 1 aromatic heterocycles. The van der Waals surface area contributed by atoms with E-state index >= 15 is 0 Å². The third kappa shape index (κ3) is 2.04. The van der Waals surface area contributed by atoms with E-state index in [1.165, 1.54) is 16.8 Å². The highest BCUT2D eigenvalue weighted by Crippen LogP contribution is 2.29. The van der Waals surface area contributed by atoms with Crippen molar-refractivity contribution >= 4 is 5.69 Å². The van der Waals surface area contributed by atoms with Gasteiger partial charge in [0, 0.05) is 24.0 Å². The number of hydrogen-bond donors (Lipinski definition) is 1. The average molecular weight is 240 g/mol. The van der Waals surface area contributed by atoms with Crippen LogP contribution in [0.2, 0.25) is 0 Å². The second-order valence-corrected chi connectivity index (χ2v) is 4.39. The number of anilines is 1. The second-order valence-electron chi connectivity index (χ2n) is 4.39. The quantitative estimate of drug-likeness (QED) is 0.895. The zero-order chi connectivity index (χ0) is 12.4. The van der Waals surface area contributed by atoms with Gasteiger partial charge in [0.05, 0.1) is 12.8 Å². The molecule has 0 spiro atoms. The molecular weight excluding hydrogens is 224 g/mol. The van der Waals surface area contributed by atoms with Gasteiger partial charge in [0.2, 0.25) is 0 Å². The molecule has 92 valence electrons. The Bertz CT molecular complexity index is 566. The van der Waals surface area contributed by atoms with Crippen molar-refractivity contribution in [1.82, 2.24) is 4.98 Å². The molecule has 0 saturated carbocycles. The fourth-order valence-electron chi connectivity index (χ4n) is 2.31. The molecule has 2 heterocycles. The maximum absolute atomic E-state index is 5.49. The fraction of sp³-hybridized carbons (Fsp3) is 0.267. The van der Waals surface area contributed by atoms with Gasteiger partial charge < -0.3 is 10.1 Å². The summed E-state index contributed by atoms with van der Waals surface area (Å²) in [6.07, 6.45) is 4.73. The van der Waals surface area contributed by atoms with Gasteiger partial charge in [0.15, 0.2) is 0 Å². The summed E-state index contributed by atoms with van der Waals surface area (Å²) >= 11 is 0. The van der Waals surface area contributed by atoms with E-state index in [1.807, 2.05) is 19.2 Å². The van der Waals surface area contributed by atoms with E-state index in [-0.39, 0.29) is 0 Å². The van der Waals surface area contributed by atoms with Gasteiger partial charge in [0.25, 0.3) is 0 Å². The third-order valence-corrected chi connectivity index (χ3v) is 3.17. The molecule has 0 amide bonds. The Labute approximate surface area is 107 Å². The van der Waals surface area contributed by atoms with Gasteiger partial charge in [-0.3, -0.25) is 4.98 Å². The molecule has 1 aliphatic heterocycles. The van der Waals surface area contributed by atoms with Crippen LogP contribution in [0.15, 0.2) is 36.7 Å². The van der Waals surface area contributed by atoms with E-state index in [9.17, 15) is 0 Å². The van der Waals surface area contributed by atoms with Gasteiger partial charge in [0.1, 0.15) is 5.75 Å². The number of rotatable bonds is 3. The molecule has 0 bridgehead atoms. The minimum Gasteiger partial charge on any atom is -0.492 e. The minimum absolute atomic E-state index is 0.666. The molecule has 0 saturated heterocycles. The SMILES string of the molecule is CCOc1cncc(-c2ccc3c(c2)CCN3)c1. The second kappa shape index (κ2) is 4.69. The molecule has 0 fully saturated rings. The summed E-state index contributed by atoms with van der Waals surface area (Å²) < 4.78 is 5.49. The standard InChI is InChI=1S/C15H16N2O/c1-2-18-14-8-13(9-16-10-14)11-3-4-15-12(7-11)5-6-17-15/h3-4,7-10,17H,2,5-6H2,1H3. The summed E-state index contributed by atoms with van der Waals surface area (Å²) in [6.45, 7) is 3.68. The molecule has 1 aliphatic rings. The Morgan fingerprint density at radius 2 is 2.17 bits per heavy atom. The van der Waals surface area contributed by atoms with E-state index in [4.69, 9.17) is 4.74 Å². The lowest BCUT2D eigenvalue weighted by atomic mass is 10.0. The lowest BCUT2D eigenvalue weighted by molar-refractivity contribution is 0.339. The number of nitrogens with one attached hydrogen (secondary N) is 1. The van der Waals surface area contributed by atoms with Crippen molar-refractivity contribution in [2.75, 3.05) is 18.5 Å². The number of ether oxygens (including phenoxy) is 1. The van der Waals surface area contributed by atoms with Crippen molar-refractivity contribution < 1.29 is 4.74 Å². The first-order chi connectivity index (χ1) is 8.86. The molecule has 1 N–H and O–H groups in total. The molecule has 0 atom stereocenters. The third-order valence-electron chi connectivity index (χ3n) is 3.17. The summed E-state index contributed by atoms with van der Waals surface area (Å²) in [7, 11) is 0. The Kier molecular flexibility index (Phi) is 2.89. The van der Waals surface area contributed by atoms with Crippen LogP contribution in [0.4, 0.5) is 5.69 Å². The molecule has 3 heteroatoms. The maximum Gasteiger partial charge on any atom is 0.138 e. The first kappa shape index (κ1) is 11.1. The Morgan fingerprint density at radius 3 is 3.06 bits per heavy atom. The number of nitrogens with zero attached hydrogens (tertiary/aromatic N) is 1. The van der Waals surface area contributed by atoms with Crippen molar-refractivity contribution in [2.45, 2.75) is 13.3 Å². The predicted octanol–water partition coefficient (Wildman–Crippen LogP) is 3.12. The van der Waals surface area contributed by atoms with Crippen LogP contribution >= 0.6 is 0 Å². The van der Waals surface area contributed by atoms with Gasteiger partial charge in [-0.1, -0.05) is 6.07 Å². The van der Waals surface area contributed by atoms with Crippen molar-refractivity contribution in [3.05, 3.63) is 42.2 Å². The van der Waals surface area contributed by atoms with Crippen LogP contribution in [0.3, 0.4) is 0 Å². The molecule has 0 unspecified atom stereocenters. The number of pyridine rings is 1. The molecular formula is C15H16N2O. The fourth-order valence-corrected chi connectivity index (χ4v) is 2.31. The summed E-state index contributed by atoms with van der Waals surface area (Å²) in [6, 6.07) is 8.55. The van der Waals surface area contributed by atoms with Crippen LogP contribution in [0, 0.1) is 0 Å². The number of hydrogen-bond acceptors (Lipinski definition) is 3. The maximum atomic E-state index is 5.49. The molecule has 0 radical (unpaired) electrons. The van der Waals surface area contributed by atoms with E-state index in [0.29, 0.717) is 6.61 Å². The van der Waals surface area contributed by atoms with Crippen molar-refractivity contribution in [3.8, 4) is 16.9 Å². The molecule has 3 rings (SSSR count). The van der Waals surface area contributed by atoms with Crippen LogP contribution in [0.5, 0.6) is 5.75 Å². The number of fused-ring (bicyclic) bond motifs is 1. The van der Waals surface area contributed by atoms with Gasteiger partial charge in [-0.2, -0.15) is 0 Å². The van der Waals surface area contributed by atoms with Crippen LogP contribution in [0.25, 0.3) is 11.1 Å².